The van der Waals surface area contributed by atoms with Crippen LogP contribution in [-0.4, -0.2) is 42.5 Å². The molecule has 0 saturated carbocycles. The van der Waals surface area contributed by atoms with Crippen LogP contribution in [-0.2, 0) is 16.1 Å². The number of ether oxygens (including phenoxy) is 4. The number of aromatic nitrogens is 1. The quantitative estimate of drug-likeness (QED) is 0.141. The molecular weight excluding hydrogens is 526 g/mol. The van der Waals surface area contributed by atoms with Gasteiger partial charge in [0.1, 0.15) is 18.1 Å². The van der Waals surface area contributed by atoms with Gasteiger partial charge in [-0.05, 0) is 100.0 Å². The van der Waals surface area contributed by atoms with Crippen molar-refractivity contribution in [2.45, 2.75) is 40.4 Å². The van der Waals surface area contributed by atoms with E-state index in [1.165, 1.54) is 13.3 Å². The molecule has 2 heterocycles. The summed E-state index contributed by atoms with van der Waals surface area (Å²) in [5, 5.41) is 3.99. The molecule has 0 aliphatic rings. The second-order valence-corrected chi connectivity index (χ2v) is 9.44. The number of esters is 1. The second kappa shape index (κ2) is 13.4. The molecule has 2 aromatic carbocycles. The van der Waals surface area contributed by atoms with Gasteiger partial charge in [-0.2, -0.15) is 5.10 Å². The molecule has 10 heteroatoms. The highest BCUT2D eigenvalue weighted by Gasteiger charge is 2.13. The first kappa shape index (κ1) is 29.0. The van der Waals surface area contributed by atoms with E-state index in [2.05, 4.69) is 41.1 Å². The average Bonchev–Trinajstić information content (AvgIpc) is 3.57. The maximum atomic E-state index is 12.5. The summed E-state index contributed by atoms with van der Waals surface area (Å²) in [4.78, 5) is 24.2. The lowest BCUT2D eigenvalue weighted by Gasteiger charge is -2.12. The Morgan fingerprint density at radius 2 is 1.68 bits per heavy atom. The molecule has 41 heavy (non-hydrogen) atoms. The van der Waals surface area contributed by atoms with Crippen LogP contribution in [0.3, 0.4) is 0 Å². The zero-order valence-electron chi connectivity index (χ0n) is 23.7. The average molecular weight is 560 g/mol. The lowest BCUT2D eigenvalue weighted by atomic mass is 10.2. The van der Waals surface area contributed by atoms with Gasteiger partial charge in [-0.1, -0.05) is 0 Å². The Balaban J connectivity index is 1.27. The third-order valence-electron chi connectivity index (χ3n) is 5.91. The van der Waals surface area contributed by atoms with Gasteiger partial charge in [0.15, 0.2) is 23.9 Å². The van der Waals surface area contributed by atoms with Crippen LogP contribution in [0.4, 0.5) is 0 Å². The second-order valence-electron chi connectivity index (χ2n) is 9.44. The van der Waals surface area contributed by atoms with E-state index in [1.807, 2.05) is 24.3 Å². The van der Waals surface area contributed by atoms with Crippen molar-refractivity contribution in [2.75, 3.05) is 13.7 Å². The summed E-state index contributed by atoms with van der Waals surface area (Å²) in [6, 6.07) is 20.2. The van der Waals surface area contributed by atoms with E-state index in [0.717, 1.165) is 17.1 Å². The molecule has 0 saturated heterocycles. The minimum atomic E-state index is -0.509. The Bertz CT molecular complexity index is 1500. The minimum Gasteiger partial charge on any atom is -0.493 e. The first-order valence-corrected chi connectivity index (χ1v) is 13.0. The van der Waals surface area contributed by atoms with Crippen LogP contribution in [0.5, 0.6) is 17.2 Å². The number of nitrogens with zero attached hydrogens (tertiary/aromatic N) is 2. The normalized spacial score (nSPS) is 11.1. The van der Waals surface area contributed by atoms with Crippen LogP contribution in [0.15, 0.2) is 76.2 Å². The number of benzene rings is 2. The number of aryl methyl sites for hydroxylation is 2. The van der Waals surface area contributed by atoms with Gasteiger partial charge in [0.2, 0.25) is 0 Å². The Kier molecular flexibility index (Phi) is 9.47. The standard InChI is InChI=1S/C31H33N3O7/c1-20(2)40-30(35)19-39-27-14-8-23(16-29(27)37-5)17-32-33-31(36)28-15-13-26(41-28)18-38-25-11-9-24(10-12-25)34-21(3)6-7-22(34)4/h6-17,20H,18-19H2,1-5H3,(H,33,36)/b32-17+. The molecule has 0 spiro atoms. The van der Waals surface area contributed by atoms with Gasteiger partial charge in [0, 0.05) is 17.1 Å². The third kappa shape index (κ3) is 7.78. The summed E-state index contributed by atoms with van der Waals surface area (Å²) in [5.74, 6) is 1.08. The Morgan fingerprint density at radius 3 is 2.37 bits per heavy atom. The zero-order valence-corrected chi connectivity index (χ0v) is 23.7. The number of rotatable bonds is 12. The minimum absolute atomic E-state index is 0.101. The first-order chi connectivity index (χ1) is 19.7. The van der Waals surface area contributed by atoms with E-state index < -0.39 is 11.9 Å². The molecule has 0 bridgehead atoms. The topological polar surface area (TPSA) is 114 Å². The highest BCUT2D eigenvalue weighted by Crippen LogP contribution is 2.27. The van der Waals surface area contributed by atoms with Gasteiger partial charge < -0.3 is 27.9 Å². The molecule has 1 amide bonds. The lowest BCUT2D eigenvalue weighted by Crippen LogP contribution is -2.19. The van der Waals surface area contributed by atoms with Crippen molar-refractivity contribution in [3.8, 4) is 22.9 Å². The first-order valence-electron chi connectivity index (χ1n) is 13.0. The van der Waals surface area contributed by atoms with Crippen LogP contribution in [0.1, 0.15) is 47.1 Å². The number of carbonyl (C=O) groups is 2. The molecule has 0 radical (unpaired) electrons. The van der Waals surface area contributed by atoms with Crippen LogP contribution in [0, 0.1) is 13.8 Å². The fraction of sp³-hybridized carbons (Fsp3) is 0.258. The number of hydrogen-bond donors (Lipinski definition) is 1. The highest BCUT2D eigenvalue weighted by molar-refractivity contribution is 5.92. The van der Waals surface area contributed by atoms with E-state index in [1.54, 1.807) is 44.2 Å². The molecule has 1 N–H and O–H groups in total. The Labute approximate surface area is 238 Å². The van der Waals surface area contributed by atoms with E-state index in [-0.39, 0.29) is 25.1 Å². The fourth-order valence-electron chi connectivity index (χ4n) is 4.04. The molecule has 214 valence electrons. The highest BCUT2D eigenvalue weighted by atomic mass is 16.6. The van der Waals surface area contributed by atoms with Gasteiger partial charge in [0.25, 0.3) is 0 Å². The number of methoxy groups -OCH3 is 1. The third-order valence-corrected chi connectivity index (χ3v) is 5.91. The molecule has 0 aliphatic heterocycles. The molecule has 10 nitrogen and oxygen atoms in total. The van der Waals surface area contributed by atoms with Crippen molar-refractivity contribution in [1.82, 2.24) is 9.99 Å². The Morgan fingerprint density at radius 1 is 0.951 bits per heavy atom. The summed E-state index contributed by atoms with van der Waals surface area (Å²) in [7, 11) is 1.48. The van der Waals surface area contributed by atoms with Crippen molar-refractivity contribution < 1.29 is 33.0 Å². The summed E-state index contributed by atoms with van der Waals surface area (Å²) in [5.41, 5.74) is 6.45. The summed E-state index contributed by atoms with van der Waals surface area (Å²) < 4.78 is 29.5. The van der Waals surface area contributed by atoms with E-state index in [0.29, 0.717) is 28.6 Å². The predicted octanol–water partition coefficient (Wildman–Crippen LogP) is 5.37. The molecular formula is C31H33N3O7. The van der Waals surface area contributed by atoms with Crippen LogP contribution >= 0.6 is 0 Å². The molecule has 4 rings (SSSR count). The van der Waals surface area contributed by atoms with Crippen LogP contribution in [0.25, 0.3) is 5.69 Å². The summed E-state index contributed by atoms with van der Waals surface area (Å²) in [6.07, 6.45) is 1.22. The summed E-state index contributed by atoms with van der Waals surface area (Å²) in [6.45, 7) is 7.58. The monoisotopic (exact) mass is 559 g/mol. The number of hydrogen-bond acceptors (Lipinski definition) is 8. The number of furan rings is 1. The maximum Gasteiger partial charge on any atom is 0.344 e. The fourth-order valence-corrected chi connectivity index (χ4v) is 4.04. The number of hydrazone groups is 1. The Hall–Kier alpha value is -4.99. The van der Waals surface area contributed by atoms with Crippen LogP contribution < -0.4 is 19.6 Å². The molecule has 4 aromatic rings. The number of nitrogens with one attached hydrogen (secondary N) is 1. The SMILES string of the molecule is COc1cc(/C=N/NC(=O)c2ccc(COc3ccc(-n4c(C)ccc4C)cc3)o2)ccc1OCC(=O)OC(C)C. The van der Waals surface area contributed by atoms with Crippen molar-refractivity contribution in [2.24, 2.45) is 5.10 Å². The largest absolute Gasteiger partial charge is 0.493 e. The smallest absolute Gasteiger partial charge is 0.344 e. The van der Waals surface area contributed by atoms with E-state index >= 15 is 0 Å². The maximum absolute atomic E-state index is 12.5. The van der Waals surface area contributed by atoms with Crippen molar-refractivity contribution in [3.05, 3.63) is 95.2 Å². The molecule has 0 atom stereocenters. The van der Waals surface area contributed by atoms with Gasteiger partial charge in [-0.25, -0.2) is 10.2 Å². The van der Waals surface area contributed by atoms with Gasteiger partial charge >= 0.3 is 11.9 Å². The van der Waals surface area contributed by atoms with Gasteiger partial charge in [0.05, 0.1) is 19.4 Å². The molecule has 2 aromatic heterocycles. The summed E-state index contributed by atoms with van der Waals surface area (Å²) >= 11 is 0. The van der Waals surface area contributed by atoms with Gasteiger partial charge in [-0.15, -0.1) is 0 Å². The molecule has 0 fully saturated rings. The van der Waals surface area contributed by atoms with E-state index in [4.69, 9.17) is 23.4 Å². The number of amides is 1. The van der Waals surface area contributed by atoms with Crippen LogP contribution in [0.2, 0.25) is 0 Å². The molecule has 0 unspecified atom stereocenters. The van der Waals surface area contributed by atoms with E-state index in [9.17, 15) is 9.59 Å². The zero-order chi connectivity index (χ0) is 29.4. The van der Waals surface area contributed by atoms with Gasteiger partial charge in [-0.3, -0.25) is 4.79 Å². The number of carbonyl (C=O) groups excluding carboxylic acids is 2. The van der Waals surface area contributed by atoms with Crippen molar-refractivity contribution in [3.63, 3.8) is 0 Å². The van der Waals surface area contributed by atoms with Crippen molar-refractivity contribution >= 4 is 18.1 Å². The molecule has 0 aliphatic carbocycles. The predicted molar refractivity (Wildman–Crippen MR) is 153 cm³/mol. The van der Waals surface area contributed by atoms with Crippen molar-refractivity contribution in [1.29, 1.82) is 0 Å². The lowest BCUT2D eigenvalue weighted by molar-refractivity contribution is -0.149.